The molecular weight excluding hydrogens is 463 g/mol. The SMILES string of the molecule is Cc1cccc(CC(=O)N[C@H]2CC[C@@H](Nc3cc(C(F)(F)F)nc4ccc(Cl)cc34)CC2)c1C. The number of hydrogen-bond donors (Lipinski definition) is 2. The molecule has 4 rings (SSSR count). The molecule has 2 aromatic carbocycles. The first kappa shape index (κ1) is 24.3. The molecule has 1 heterocycles. The van der Waals surface area contributed by atoms with Gasteiger partial charge in [0, 0.05) is 28.2 Å². The van der Waals surface area contributed by atoms with Crippen molar-refractivity contribution in [2.75, 3.05) is 5.32 Å². The van der Waals surface area contributed by atoms with Gasteiger partial charge >= 0.3 is 6.18 Å². The van der Waals surface area contributed by atoms with Crippen LogP contribution < -0.4 is 10.6 Å². The van der Waals surface area contributed by atoms with Crippen LogP contribution in [0.2, 0.25) is 5.02 Å². The number of carbonyl (C=O) groups is 1. The number of hydrogen-bond acceptors (Lipinski definition) is 3. The fourth-order valence-corrected chi connectivity index (χ4v) is 4.69. The van der Waals surface area contributed by atoms with Gasteiger partial charge in [-0.1, -0.05) is 29.8 Å². The number of benzene rings is 2. The van der Waals surface area contributed by atoms with Crippen molar-refractivity contribution in [3.8, 4) is 0 Å². The first-order chi connectivity index (χ1) is 16.1. The highest BCUT2D eigenvalue weighted by atomic mass is 35.5. The molecule has 0 atom stereocenters. The second-order valence-electron chi connectivity index (χ2n) is 9.01. The lowest BCUT2D eigenvalue weighted by Gasteiger charge is -2.31. The molecule has 0 aliphatic heterocycles. The quantitative estimate of drug-likeness (QED) is 0.424. The van der Waals surface area contributed by atoms with Gasteiger partial charge in [-0.2, -0.15) is 13.2 Å². The molecule has 0 saturated heterocycles. The average molecular weight is 490 g/mol. The standard InChI is InChI=1S/C26H27ClF3N3O/c1-15-4-3-5-17(16(15)2)12-25(34)32-20-9-7-19(8-10-20)31-23-14-24(26(28,29)30)33-22-11-6-18(27)13-21(22)23/h3-6,11,13-14,19-20H,7-10,12H2,1-2H3,(H,31,33)(H,32,34)/t19-,20+. The van der Waals surface area contributed by atoms with Crippen molar-refractivity contribution in [3.05, 3.63) is 69.9 Å². The summed E-state index contributed by atoms with van der Waals surface area (Å²) in [6.07, 6.45) is -1.21. The zero-order valence-electron chi connectivity index (χ0n) is 19.1. The van der Waals surface area contributed by atoms with Crippen LogP contribution in [0.25, 0.3) is 10.9 Å². The van der Waals surface area contributed by atoms with E-state index in [2.05, 4.69) is 15.6 Å². The minimum Gasteiger partial charge on any atom is -0.382 e. The van der Waals surface area contributed by atoms with Crippen LogP contribution in [0.5, 0.6) is 0 Å². The van der Waals surface area contributed by atoms with E-state index in [-0.39, 0.29) is 23.5 Å². The number of amides is 1. The molecule has 2 N–H and O–H groups in total. The Hall–Kier alpha value is -2.80. The maximum Gasteiger partial charge on any atom is 0.433 e. The topological polar surface area (TPSA) is 54.0 Å². The molecule has 0 radical (unpaired) electrons. The van der Waals surface area contributed by atoms with E-state index in [9.17, 15) is 18.0 Å². The average Bonchev–Trinajstić information content (AvgIpc) is 2.78. The zero-order valence-corrected chi connectivity index (χ0v) is 19.9. The monoisotopic (exact) mass is 489 g/mol. The summed E-state index contributed by atoms with van der Waals surface area (Å²) >= 11 is 6.09. The van der Waals surface area contributed by atoms with Gasteiger partial charge in [0.15, 0.2) is 0 Å². The third-order valence-corrected chi connectivity index (χ3v) is 6.82. The molecule has 8 heteroatoms. The van der Waals surface area contributed by atoms with E-state index in [1.165, 1.54) is 12.1 Å². The summed E-state index contributed by atoms with van der Waals surface area (Å²) in [5, 5.41) is 7.40. The molecule has 1 aromatic heterocycles. The third-order valence-electron chi connectivity index (χ3n) is 6.58. The predicted octanol–water partition coefficient (Wildman–Crippen LogP) is 6.61. The molecule has 1 saturated carbocycles. The lowest BCUT2D eigenvalue weighted by Crippen LogP contribution is -2.40. The number of nitrogens with one attached hydrogen (secondary N) is 2. The third kappa shape index (κ3) is 5.63. The molecular formula is C26H27ClF3N3O. The summed E-state index contributed by atoms with van der Waals surface area (Å²) in [6, 6.07) is 11.7. The van der Waals surface area contributed by atoms with Crippen molar-refractivity contribution in [2.24, 2.45) is 0 Å². The molecule has 1 fully saturated rings. The van der Waals surface area contributed by atoms with Crippen LogP contribution in [0.1, 0.15) is 48.1 Å². The van der Waals surface area contributed by atoms with Gasteiger partial charge in [-0.05, 0) is 80.5 Å². The number of anilines is 1. The van der Waals surface area contributed by atoms with Gasteiger partial charge in [0.05, 0.1) is 11.9 Å². The summed E-state index contributed by atoms with van der Waals surface area (Å²) in [4.78, 5) is 16.3. The van der Waals surface area contributed by atoms with E-state index in [1.807, 2.05) is 32.0 Å². The Balaban J connectivity index is 1.40. The Bertz CT molecular complexity index is 1200. The van der Waals surface area contributed by atoms with E-state index < -0.39 is 11.9 Å². The van der Waals surface area contributed by atoms with Crippen LogP contribution in [-0.2, 0) is 17.4 Å². The second-order valence-corrected chi connectivity index (χ2v) is 9.45. The molecule has 180 valence electrons. The number of fused-ring (bicyclic) bond motifs is 1. The number of pyridine rings is 1. The van der Waals surface area contributed by atoms with Crippen LogP contribution in [0.3, 0.4) is 0 Å². The highest BCUT2D eigenvalue weighted by Crippen LogP contribution is 2.35. The van der Waals surface area contributed by atoms with Gasteiger partial charge in [0.1, 0.15) is 5.69 Å². The zero-order chi connectivity index (χ0) is 24.5. The number of alkyl halides is 3. The first-order valence-electron chi connectivity index (χ1n) is 11.4. The van der Waals surface area contributed by atoms with Gasteiger partial charge in [0.2, 0.25) is 5.91 Å². The van der Waals surface area contributed by atoms with E-state index in [0.717, 1.165) is 48.4 Å². The Morgan fingerprint density at radius 3 is 2.47 bits per heavy atom. The van der Waals surface area contributed by atoms with Gasteiger partial charge in [-0.25, -0.2) is 4.98 Å². The minimum absolute atomic E-state index is 0.00200. The summed E-state index contributed by atoms with van der Waals surface area (Å²) in [5.41, 5.74) is 3.01. The fraction of sp³-hybridized carbons (Fsp3) is 0.385. The maximum absolute atomic E-state index is 13.4. The fourth-order valence-electron chi connectivity index (χ4n) is 4.52. The molecule has 1 aliphatic carbocycles. The summed E-state index contributed by atoms with van der Waals surface area (Å²) in [6.45, 7) is 4.05. The number of rotatable bonds is 5. The van der Waals surface area contributed by atoms with Gasteiger partial charge in [-0.3, -0.25) is 4.79 Å². The number of halogens is 4. The Labute approximate surface area is 201 Å². The summed E-state index contributed by atoms with van der Waals surface area (Å²) in [7, 11) is 0. The normalized spacial score (nSPS) is 18.6. The lowest BCUT2D eigenvalue weighted by molar-refractivity contribution is -0.140. The van der Waals surface area contributed by atoms with Crippen LogP contribution in [-0.4, -0.2) is 23.0 Å². The number of nitrogens with zero attached hydrogens (tertiary/aromatic N) is 1. The van der Waals surface area contributed by atoms with Crippen LogP contribution in [0.4, 0.5) is 18.9 Å². The maximum atomic E-state index is 13.4. The molecule has 34 heavy (non-hydrogen) atoms. The van der Waals surface area contributed by atoms with Crippen molar-refractivity contribution < 1.29 is 18.0 Å². The molecule has 0 bridgehead atoms. The van der Waals surface area contributed by atoms with Crippen molar-refractivity contribution in [2.45, 2.75) is 64.2 Å². The molecule has 0 unspecified atom stereocenters. The number of aryl methyl sites for hydroxylation is 1. The molecule has 1 aliphatic rings. The van der Waals surface area contributed by atoms with Crippen LogP contribution in [0.15, 0.2) is 42.5 Å². The van der Waals surface area contributed by atoms with Crippen molar-refractivity contribution >= 4 is 34.1 Å². The Morgan fingerprint density at radius 1 is 1.06 bits per heavy atom. The predicted molar refractivity (Wildman–Crippen MR) is 129 cm³/mol. The van der Waals surface area contributed by atoms with E-state index >= 15 is 0 Å². The molecule has 3 aromatic rings. The van der Waals surface area contributed by atoms with Gasteiger partial charge in [-0.15, -0.1) is 0 Å². The summed E-state index contributed by atoms with van der Waals surface area (Å²) in [5.74, 6) is -0.00491. The van der Waals surface area contributed by atoms with Crippen LogP contribution in [0, 0.1) is 13.8 Å². The highest BCUT2D eigenvalue weighted by Gasteiger charge is 2.34. The Morgan fingerprint density at radius 2 is 1.76 bits per heavy atom. The van der Waals surface area contributed by atoms with Crippen molar-refractivity contribution in [1.29, 1.82) is 0 Å². The van der Waals surface area contributed by atoms with Crippen LogP contribution >= 0.6 is 11.6 Å². The summed E-state index contributed by atoms with van der Waals surface area (Å²) < 4.78 is 40.1. The number of aromatic nitrogens is 1. The largest absolute Gasteiger partial charge is 0.433 e. The second kappa shape index (κ2) is 9.82. The van der Waals surface area contributed by atoms with Crippen molar-refractivity contribution in [3.63, 3.8) is 0 Å². The smallest absolute Gasteiger partial charge is 0.382 e. The van der Waals surface area contributed by atoms with E-state index in [1.54, 1.807) is 6.07 Å². The highest BCUT2D eigenvalue weighted by molar-refractivity contribution is 6.31. The molecule has 4 nitrogen and oxygen atoms in total. The van der Waals surface area contributed by atoms with Gasteiger partial charge < -0.3 is 10.6 Å². The number of carbonyl (C=O) groups excluding carboxylic acids is 1. The molecule has 1 amide bonds. The minimum atomic E-state index is -4.54. The Kier molecular flexibility index (Phi) is 7.03. The molecule has 0 spiro atoms. The van der Waals surface area contributed by atoms with E-state index in [0.29, 0.717) is 22.5 Å². The van der Waals surface area contributed by atoms with Crippen molar-refractivity contribution in [1.82, 2.24) is 10.3 Å². The van der Waals surface area contributed by atoms with E-state index in [4.69, 9.17) is 11.6 Å². The van der Waals surface area contributed by atoms with Gasteiger partial charge in [0.25, 0.3) is 0 Å². The first-order valence-corrected chi connectivity index (χ1v) is 11.8. The lowest BCUT2D eigenvalue weighted by atomic mass is 9.90.